The number of hydrogen-bond acceptors (Lipinski definition) is 3. The molecule has 3 rings (SSSR count). The number of fused-ring (bicyclic) bond motifs is 1. The van der Waals surface area contributed by atoms with Gasteiger partial charge >= 0.3 is 0 Å². The van der Waals surface area contributed by atoms with Gasteiger partial charge in [-0.2, -0.15) is 5.26 Å². The molecule has 0 fully saturated rings. The first-order valence-electron chi connectivity index (χ1n) is 5.42. The molecule has 0 saturated heterocycles. The number of rotatable bonds is 1. The van der Waals surface area contributed by atoms with E-state index in [2.05, 4.69) is 42.9 Å². The Balaban J connectivity index is 2.28. The summed E-state index contributed by atoms with van der Waals surface area (Å²) in [6.45, 7) is 0. The lowest BCUT2D eigenvalue weighted by atomic mass is 10.2. The SMILES string of the molecule is Cn1c(-c2cc(Br)sc2Br)nc2cc(C#N)ccc21. The number of imidazole rings is 1. The minimum Gasteiger partial charge on any atom is -0.327 e. The maximum Gasteiger partial charge on any atom is 0.142 e. The molecule has 0 N–H and O–H groups in total. The molecular formula is C13H7Br2N3S. The zero-order chi connectivity index (χ0) is 13.6. The number of aromatic nitrogens is 2. The summed E-state index contributed by atoms with van der Waals surface area (Å²) in [7, 11) is 1.98. The standard InChI is InChI=1S/C13H7Br2N3S/c1-18-10-3-2-7(6-16)4-9(10)17-13(18)8-5-11(14)19-12(8)15/h2-5H,1H3. The van der Waals surface area contributed by atoms with E-state index in [0.717, 1.165) is 30.0 Å². The number of hydrogen-bond donors (Lipinski definition) is 0. The summed E-state index contributed by atoms with van der Waals surface area (Å²) in [6, 6.07) is 9.74. The van der Waals surface area contributed by atoms with Gasteiger partial charge in [0.25, 0.3) is 0 Å². The number of halogens is 2. The van der Waals surface area contributed by atoms with Crippen molar-refractivity contribution in [2.45, 2.75) is 0 Å². The molecule has 0 amide bonds. The molecule has 3 nitrogen and oxygen atoms in total. The summed E-state index contributed by atoms with van der Waals surface area (Å²) < 4.78 is 4.13. The van der Waals surface area contributed by atoms with Crippen LogP contribution in [0.15, 0.2) is 31.8 Å². The van der Waals surface area contributed by atoms with Gasteiger partial charge in [-0.25, -0.2) is 4.98 Å². The Morgan fingerprint density at radius 2 is 2.11 bits per heavy atom. The van der Waals surface area contributed by atoms with Crippen molar-refractivity contribution in [1.82, 2.24) is 9.55 Å². The topological polar surface area (TPSA) is 41.6 Å². The average Bonchev–Trinajstić information content (AvgIpc) is 2.89. The minimum atomic E-state index is 0.628. The highest BCUT2D eigenvalue weighted by Crippen LogP contribution is 2.38. The molecule has 2 heterocycles. The highest BCUT2D eigenvalue weighted by atomic mass is 79.9. The number of nitrogens with zero attached hydrogens (tertiary/aromatic N) is 3. The van der Waals surface area contributed by atoms with Crippen LogP contribution >= 0.6 is 43.2 Å². The summed E-state index contributed by atoms with van der Waals surface area (Å²) >= 11 is 8.65. The molecule has 0 atom stereocenters. The van der Waals surface area contributed by atoms with Crippen LogP contribution in [0.2, 0.25) is 0 Å². The summed E-state index contributed by atoms with van der Waals surface area (Å²) in [5.74, 6) is 0.888. The van der Waals surface area contributed by atoms with Gasteiger partial charge in [0, 0.05) is 12.6 Å². The lowest BCUT2D eigenvalue weighted by molar-refractivity contribution is 0.959. The Morgan fingerprint density at radius 1 is 1.32 bits per heavy atom. The van der Waals surface area contributed by atoms with Crippen molar-refractivity contribution in [2.75, 3.05) is 0 Å². The monoisotopic (exact) mass is 395 g/mol. The Bertz CT molecular complexity index is 826. The van der Waals surface area contributed by atoms with E-state index in [9.17, 15) is 0 Å². The van der Waals surface area contributed by atoms with Crippen LogP contribution in [0, 0.1) is 11.3 Å². The highest BCUT2D eigenvalue weighted by molar-refractivity contribution is 9.12. The van der Waals surface area contributed by atoms with Crippen molar-refractivity contribution in [1.29, 1.82) is 5.26 Å². The van der Waals surface area contributed by atoms with E-state index in [1.807, 2.05) is 35.9 Å². The van der Waals surface area contributed by atoms with Crippen LogP contribution in [0.3, 0.4) is 0 Å². The normalized spacial score (nSPS) is 10.8. The van der Waals surface area contributed by atoms with E-state index in [4.69, 9.17) is 5.26 Å². The Morgan fingerprint density at radius 3 is 2.74 bits per heavy atom. The predicted octanol–water partition coefficient (Wildman–Crippen LogP) is 4.70. The quantitative estimate of drug-likeness (QED) is 0.598. The van der Waals surface area contributed by atoms with E-state index in [1.54, 1.807) is 11.3 Å². The summed E-state index contributed by atoms with van der Waals surface area (Å²) in [5.41, 5.74) is 3.53. The fraction of sp³-hybridized carbons (Fsp3) is 0.0769. The lowest BCUT2D eigenvalue weighted by Crippen LogP contribution is -1.91. The molecular weight excluding hydrogens is 390 g/mol. The fourth-order valence-corrected chi connectivity index (χ4v) is 4.79. The van der Waals surface area contributed by atoms with E-state index in [1.165, 1.54) is 0 Å². The average molecular weight is 397 g/mol. The first kappa shape index (κ1) is 12.9. The predicted molar refractivity (Wildman–Crippen MR) is 84.1 cm³/mol. The van der Waals surface area contributed by atoms with Crippen molar-refractivity contribution in [3.05, 3.63) is 37.4 Å². The molecule has 2 aromatic heterocycles. The summed E-state index contributed by atoms with van der Waals surface area (Å²) in [5, 5.41) is 8.94. The van der Waals surface area contributed by atoms with Gasteiger partial charge in [-0.15, -0.1) is 11.3 Å². The molecule has 19 heavy (non-hydrogen) atoms. The fourth-order valence-electron chi connectivity index (χ4n) is 2.00. The van der Waals surface area contributed by atoms with Crippen molar-refractivity contribution < 1.29 is 0 Å². The van der Waals surface area contributed by atoms with E-state index in [0.29, 0.717) is 5.56 Å². The molecule has 94 valence electrons. The number of nitriles is 1. The third kappa shape index (κ3) is 2.12. The molecule has 6 heteroatoms. The molecule has 0 radical (unpaired) electrons. The van der Waals surface area contributed by atoms with Gasteiger partial charge in [-0.3, -0.25) is 0 Å². The first-order chi connectivity index (χ1) is 9.10. The van der Waals surface area contributed by atoms with Gasteiger partial charge in [0.15, 0.2) is 0 Å². The maximum absolute atomic E-state index is 8.94. The largest absolute Gasteiger partial charge is 0.327 e. The second-order valence-corrected chi connectivity index (χ2v) is 7.80. The third-order valence-corrected chi connectivity index (χ3v) is 5.25. The van der Waals surface area contributed by atoms with E-state index >= 15 is 0 Å². The maximum atomic E-state index is 8.94. The molecule has 0 aliphatic heterocycles. The van der Waals surface area contributed by atoms with E-state index in [-0.39, 0.29) is 0 Å². The Labute approximate surface area is 130 Å². The second-order valence-electron chi connectivity index (χ2n) is 4.05. The molecule has 1 aromatic carbocycles. The van der Waals surface area contributed by atoms with Crippen molar-refractivity contribution in [3.8, 4) is 17.5 Å². The van der Waals surface area contributed by atoms with Crippen LogP contribution in [0.1, 0.15) is 5.56 Å². The lowest BCUT2D eigenvalue weighted by Gasteiger charge is -2.00. The van der Waals surface area contributed by atoms with Crippen molar-refractivity contribution in [3.63, 3.8) is 0 Å². The van der Waals surface area contributed by atoms with Crippen LogP contribution in [-0.2, 0) is 7.05 Å². The first-order valence-corrected chi connectivity index (χ1v) is 7.82. The molecule has 0 aliphatic carbocycles. The molecule has 0 unspecified atom stereocenters. The van der Waals surface area contributed by atoms with Gasteiger partial charge in [-0.1, -0.05) is 0 Å². The van der Waals surface area contributed by atoms with Crippen LogP contribution in [0.5, 0.6) is 0 Å². The minimum absolute atomic E-state index is 0.628. The number of aryl methyl sites for hydroxylation is 1. The molecule has 3 aromatic rings. The van der Waals surface area contributed by atoms with E-state index < -0.39 is 0 Å². The number of thiophene rings is 1. The molecule has 0 spiro atoms. The highest BCUT2D eigenvalue weighted by Gasteiger charge is 2.15. The smallest absolute Gasteiger partial charge is 0.142 e. The van der Waals surface area contributed by atoms with Crippen LogP contribution < -0.4 is 0 Å². The van der Waals surface area contributed by atoms with Gasteiger partial charge < -0.3 is 4.57 Å². The Kier molecular flexibility index (Phi) is 3.21. The molecule has 0 saturated carbocycles. The van der Waals surface area contributed by atoms with Gasteiger partial charge in [0.2, 0.25) is 0 Å². The molecule has 0 bridgehead atoms. The van der Waals surface area contributed by atoms with Crippen LogP contribution in [-0.4, -0.2) is 9.55 Å². The van der Waals surface area contributed by atoms with Gasteiger partial charge in [0.1, 0.15) is 5.82 Å². The zero-order valence-electron chi connectivity index (χ0n) is 9.82. The Hall–Kier alpha value is -1.16. The van der Waals surface area contributed by atoms with Gasteiger partial charge in [0.05, 0.1) is 30.2 Å². The molecule has 0 aliphatic rings. The van der Waals surface area contributed by atoms with Crippen molar-refractivity contribution in [2.24, 2.45) is 7.05 Å². The van der Waals surface area contributed by atoms with Crippen molar-refractivity contribution >= 4 is 54.2 Å². The zero-order valence-corrected chi connectivity index (χ0v) is 13.8. The number of benzene rings is 1. The summed E-state index contributed by atoms with van der Waals surface area (Å²) in [4.78, 5) is 4.63. The van der Waals surface area contributed by atoms with Gasteiger partial charge in [-0.05, 0) is 56.1 Å². The summed E-state index contributed by atoms with van der Waals surface area (Å²) in [6.07, 6.45) is 0. The third-order valence-electron chi connectivity index (χ3n) is 2.91. The van der Waals surface area contributed by atoms with Crippen LogP contribution in [0.4, 0.5) is 0 Å². The second kappa shape index (κ2) is 4.75. The van der Waals surface area contributed by atoms with Crippen LogP contribution in [0.25, 0.3) is 22.4 Å².